The minimum absolute atomic E-state index is 0.000417. The molecule has 0 saturated heterocycles. The highest BCUT2D eigenvalue weighted by Crippen LogP contribution is 2.40. The number of carbonyl (C=O) groups excluding carboxylic acids is 1. The van der Waals surface area contributed by atoms with E-state index >= 15 is 0 Å². The van der Waals surface area contributed by atoms with Crippen LogP contribution in [-0.4, -0.2) is 28.3 Å². The van der Waals surface area contributed by atoms with Crippen molar-refractivity contribution in [3.05, 3.63) is 18.0 Å². The summed E-state index contributed by atoms with van der Waals surface area (Å²) in [5.74, 6) is -0.518. The summed E-state index contributed by atoms with van der Waals surface area (Å²) < 4.78 is 38.6. The number of hydrogen-bond acceptors (Lipinski definition) is 3. The topological polar surface area (TPSA) is 72.9 Å². The predicted octanol–water partition coefficient (Wildman–Crippen LogP) is 0.755. The fraction of sp³-hybridized carbons (Fsp3) is 0.636. The van der Waals surface area contributed by atoms with Crippen LogP contribution in [0.3, 0.4) is 0 Å². The molecule has 19 heavy (non-hydrogen) atoms. The minimum Gasteiger partial charge on any atom is -0.368 e. The molecule has 0 spiro atoms. The quantitative estimate of drug-likeness (QED) is 0.833. The highest BCUT2D eigenvalue weighted by molar-refractivity contribution is 5.85. The lowest BCUT2D eigenvalue weighted by Crippen LogP contribution is -2.58. The first-order chi connectivity index (χ1) is 8.79. The van der Waals surface area contributed by atoms with Gasteiger partial charge in [0, 0.05) is 6.20 Å². The molecule has 1 fully saturated rings. The summed E-state index contributed by atoms with van der Waals surface area (Å²) in [7, 11) is 1.58. The minimum atomic E-state index is -4.44. The molecule has 1 heterocycles. The molecule has 106 valence electrons. The van der Waals surface area contributed by atoms with Crippen molar-refractivity contribution in [2.75, 3.05) is 7.05 Å². The van der Waals surface area contributed by atoms with E-state index in [-0.39, 0.29) is 12.5 Å². The summed E-state index contributed by atoms with van der Waals surface area (Å²) in [4.78, 5) is 11.6. The molecule has 1 saturated carbocycles. The van der Waals surface area contributed by atoms with Crippen LogP contribution in [0.2, 0.25) is 0 Å². The standard InChI is InChI=1S/C11H15F3N4O/c1-16-10(9(15)19,7-2-3-7)6-18-5-8(4-17-18)11(12,13)14/h4-5,7,16H,2-3,6H2,1H3,(H2,15,19). The number of halogens is 3. The molecule has 5 nitrogen and oxygen atoms in total. The summed E-state index contributed by atoms with van der Waals surface area (Å²) in [6.07, 6.45) is -1.15. The first-order valence-electron chi connectivity index (χ1n) is 5.88. The largest absolute Gasteiger partial charge is 0.419 e. The highest BCUT2D eigenvalue weighted by Gasteiger charge is 2.49. The zero-order valence-electron chi connectivity index (χ0n) is 10.4. The summed E-state index contributed by atoms with van der Waals surface area (Å²) >= 11 is 0. The van der Waals surface area contributed by atoms with Crippen LogP contribution >= 0.6 is 0 Å². The van der Waals surface area contributed by atoms with Gasteiger partial charge in [-0.1, -0.05) is 0 Å². The number of aromatic nitrogens is 2. The van der Waals surface area contributed by atoms with Gasteiger partial charge in [-0.3, -0.25) is 9.48 Å². The molecule has 8 heteroatoms. The van der Waals surface area contributed by atoms with Gasteiger partial charge in [-0.05, 0) is 25.8 Å². The molecule has 1 amide bonds. The highest BCUT2D eigenvalue weighted by atomic mass is 19.4. The second kappa shape index (κ2) is 4.52. The molecule has 1 aromatic heterocycles. The van der Waals surface area contributed by atoms with Gasteiger partial charge >= 0.3 is 6.18 Å². The molecular weight excluding hydrogens is 261 g/mol. The third kappa shape index (κ3) is 2.58. The summed E-state index contributed by atoms with van der Waals surface area (Å²) in [5.41, 5.74) is 3.53. The van der Waals surface area contributed by atoms with E-state index in [1.807, 2.05) is 0 Å². The molecule has 1 aliphatic rings. The van der Waals surface area contributed by atoms with E-state index in [1.54, 1.807) is 7.05 Å². The lowest BCUT2D eigenvalue weighted by molar-refractivity contribution is -0.137. The monoisotopic (exact) mass is 276 g/mol. The molecule has 0 radical (unpaired) electrons. The molecule has 2 rings (SSSR count). The van der Waals surface area contributed by atoms with Crippen molar-refractivity contribution in [1.29, 1.82) is 0 Å². The smallest absolute Gasteiger partial charge is 0.368 e. The lowest BCUT2D eigenvalue weighted by atomic mass is 9.92. The molecule has 3 N–H and O–H groups in total. The number of carbonyl (C=O) groups is 1. The second-order valence-corrected chi connectivity index (χ2v) is 4.78. The van der Waals surface area contributed by atoms with E-state index in [0.29, 0.717) is 0 Å². The zero-order valence-corrected chi connectivity index (χ0v) is 10.4. The molecule has 0 aromatic carbocycles. The van der Waals surface area contributed by atoms with Gasteiger partial charge in [-0.15, -0.1) is 0 Å². The number of hydrogen-bond donors (Lipinski definition) is 2. The Morgan fingerprint density at radius 3 is 2.58 bits per heavy atom. The Hall–Kier alpha value is -1.57. The van der Waals surface area contributed by atoms with Gasteiger partial charge in [0.25, 0.3) is 0 Å². The van der Waals surface area contributed by atoms with Crippen molar-refractivity contribution in [3.63, 3.8) is 0 Å². The summed E-state index contributed by atoms with van der Waals surface area (Å²) in [6, 6.07) is 0. The van der Waals surface area contributed by atoms with Gasteiger partial charge in [0.2, 0.25) is 5.91 Å². The van der Waals surface area contributed by atoms with Gasteiger partial charge in [0.15, 0.2) is 0 Å². The Bertz CT molecular complexity index is 481. The molecule has 0 aliphatic heterocycles. The van der Waals surface area contributed by atoms with E-state index < -0.39 is 23.2 Å². The number of alkyl halides is 3. The van der Waals surface area contributed by atoms with Crippen molar-refractivity contribution in [1.82, 2.24) is 15.1 Å². The number of amides is 1. The Kier molecular flexibility index (Phi) is 3.29. The molecule has 1 aromatic rings. The van der Waals surface area contributed by atoms with Crippen LogP contribution in [0, 0.1) is 5.92 Å². The van der Waals surface area contributed by atoms with Crippen molar-refractivity contribution in [2.24, 2.45) is 11.7 Å². The molecule has 1 aliphatic carbocycles. The molecule has 0 bridgehead atoms. The Morgan fingerprint density at radius 1 is 1.58 bits per heavy atom. The number of nitrogens with zero attached hydrogens (tertiary/aromatic N) is 2. The lowest BCUT2D eigenvalue weighted by Gasteiger charge is -2.30. The van der Waals surface area contributed by atoms with E-state index in [9.17, 15) is 18.0 Å². The van der Waals surface area contributed by atoms with Crippen LogP contribution in [0.15, 0.2) is 12.4 Å². The fourth-order valence-corrected chi connectivity index (χ4v) is 2.24. The number of nitrogens with one attached hydrogen (secondary N) is 1. The normalized spacial score (nSPS) is 19.2. The Balaban J connectivity index is 2.23. The fourth-order valence-electron chi connectivity index (χ4n) is 2.24. The number of nitrogens with two attached hydrogens (primary N) is 1. The predicted molar refractivity (Wildman–Crippen MR) is 60.9 cm³/mol. The van der Waals surface area contributed by atoms with Crippen LogP contribution in [0.4, 0.5) is 13.2 Å². The van der Waals surface area contributed by atoms with Crippen LogP contribution in [0.5, 0.6) is 0 Å². The van der Waals surface area contributed by atoms with Crippen molar-refractivity contribution < 1.29 is 18.0 Å². The van der Waals surface area contributed by atoms with Gasteiger partial charge < -0.3 is 11.1 Å². The SMILES string of the molecule is CNC(Cn1cc(C(F)(F)F)cn1)(C(N)=O)C1CC1. The van der Waals surface area contributed by atoms with Crippen LogP contribution in [0.1, 0.15) is 18.4 Å². The van der Waals surface area contributed by atoms with Crippen molar-refractivity contribution in [3.8, 4) is 0 Å². The molecule has 1 unspecified atom stereocenters. The van der Waals surface area contributed by atoms with Crippen LogP contribution in [-0.2, 0) is 17.5 Å². The van der Waals surface area contributed by atoms with Gasteiger partial charge in [-0.25, -0.2) is 0 Å². The number of primary amides is 1. The zero-order chi connectivity index (χ0) is 14.3. The van der Waals surface area contributed by atoms with Crippen LogP contribution < -0.4 is 11.1 Å². The average Bonchev–Trinajstić information content (AvgIpc) is 3.04. The maximum absolute atomic E-state index is 12.5. The Labute approximate surface area is 108 Å². The van der Waals surface area contributed by atoms with E-state index in [1.165, 1.54) is 0 Å². The second-order valence-electron chi connectivity index (χ2n) is 4.78. The molecule has 1 atom stereocenters. The van der Waals surface area contributed by atoms with Gasteiger partial charge in [0.05, 0.1) is 18.3 Å². The summed E-state index contributed by atoms with van der Waals surface area (Å²) in [6.45, 7) is -0.000417. The number of rotatable bonds is 5. The van der Waals surface area contributed by atoms with Gasteiger partial charge in [-0.2, -0.15) is 18.3 Å². The van der Waals surface area contributed by atoms with E-state index in [2.05, 4.69) is 10.4 Å². The maximum atomic E-state index is 12.5. The first-order valence-corrected chi connectivity index (χ1v) is 5.88. The maximum Gasteiger partial charge on any atom is 0.419 e. The van der Waals surface area contributed by atoms with Crippen LogP contribution in [0.25, 0.3) is 0 Å². The third-order valence-electron chi connectivity index (χ3n) is 3.53. The Morgan fingerprint density at radius 2 is 2.21 bits per heavy atom. The van der Waals surface area contributed by atoms with Crippen molar-refractivity contribution >= 4 is 5.91 Å². The average molecular weight is 276 g/mol. The third-order valence-corrected chi connectivity index (χ3v) is 3.53. The van der Waals surface area contributed by atoms with E-state index in [0.717, 1.165) is 29.9 Å². The van der Waals surface area contributed by atoms with E-state index in [4.69, 9.17) is 5.73 Å². The first kappa shape index (κ1) is 13.9. The molecular formula is C11H15F3N4O. The van der Waals surface area contributed by atoms with Gasteiger partial charge in [0.1, 0.15) is 5.54 Å². The number of likely N-dealkylation sites (N-methyl/N-ethyl adjacent to an activating group) is 1. The summed E-state index contributed by atoms with van der Waals surface area (Å²) in [5, 5.41) is 6.51. The van der Waals surface area contributed by atoms with Crippen molar-refractivity contribution in [2.45, 2.75) is 31.1 Å².